The van der Waals surface area contributed by atoms with E-state index >= 15 is 0 Å². The number of aromatic amines is 1. The summed E-state index contributed by atoms with van der Waals surface area (Å²) >= 11 is 0. The molecule has 24 heavy (non-hydrogen) atoms. The number of H-pyrrole nitrogens is 1. The van der Waals surface area contributed by atoms with Gasteiger partial charge in [0.2, 0.25) is 0 Å². The molecule has 0 bridgehead atoms. The van der Waals surface area contributed by atoms with Crippen LogP contribution in [0, 0.1) is 0 Å². The van der Waals surface area contributed by atoms with Gasteiger partial charge in [-0.05, 0) is 11.1 Å². The Morgan fingerprint density at radius 1 is 1.21 bits per heavy atom. The van der Waals surface area contributed by atoms with Crippen LogP contribution in [0.5, 0.6) is 0 Å². The molecule has 0 saturated carbocycles. The molecule has 5 nitrogen and oxygen atoms in total. The third kappa shape index (κ3) is 2.48. The maximum atomic E-state index is 13.2. The first-order valence-corrected chi connectivity index (χ1v) is 7.35. The monoisotopic (exact) mass is 334 g/mol. The Bertz CT molecular complexity index is 890. The van der Waals surface area contributed by atoms with Gasteiger partial charge in [-0.1, -0.05) is 24.3 Å². The zero-order chi connectivity index (χ0) is 16.7. The Morgan fingerprint density at radius 3 is 2.88 bits per heavy atom. The van der Waals surface area contributed by atoms with Gasteiger partial charge in [-0.15, -0.1) is 0 Å². The predicted molar refractivity (Wildman–Crippen MR) is 81.4 cm³/mol. The van der Waals surface area contributed by atoms with Crippen LogP contribution in [0.15, 0.2) is 36.8 Å². The number of hydrogen-bond donors (Lipinski definition) is 2. The van der Waals surface area contributed by atoms with Crippen molar-refractivity contribution in [3.8, 4) is 0 Å². The summed E-state index contributed by atoms with van der Waals surface area (Å²) in [7, 11) is 0. The van der Waals surface area contributed by atoms with Crippen molar-refractivity contribution in [1.82, 2.24) is 15.0 Å². The molecule has 1 unspecified atom stereocenters. The normalized spacial score (nSPS) is 17.7. The van der Waals surface area contributed by atoms with Crippen molar-refractivity contribution in [2.45, 2.75) is 18.8 Å². The van der Waals surface area contributed by atoms with Gasteiger partial charge in [-0.3, -0.25) is 0 Å². The van der Waals surface area contributed by atoms with Gasteiger partial charge in [0.1, 0.15) is 17.8 Å². The first-order chi connectivity index (χ1) is 11.5. The molecule has 0 aliphatic carbocycles. The van der Waals surface area contributed by atoms with E-state index in [0.29, 0.717) is 13.2 Å². The van der Waals surface area contributed by atoms with Crippen molar-refractivity contribution in [2.24, 2.45) is 0 Å². The molecular weight excluding hydrogens is 321 g/mol. The molecule has 2 N–H and O–H groups in total. The third-order valence-electron chi connectivity index (χ3n) is 4.06. The van der Waals surface area contributed by atoms with Crippen LogP contribution in [0.1, 0.15) is 22.7 Å². The van der Waals surface area contributed by atoms with Crippen LogP contribution in [0.2, 0.25) is 0 Å². The van der Waals surface area contributed by atoms with Crippen LogP contribution in [0.25, 0.3) is 11.0 Å². The molecule has 0 spiro atoms. The lowest BCUT2D eigenvalue weighted by Crippen LogP contribution is -2.23. The molecule has 4 rings (SSSR count). The van der Waals surface area contributed by atoms with Gasteiger partial charge in [0.15, 0.2) is 0 Å². The summed E-state index contributed by atoms with van der Waals surface area (Å²) in [5.41, 5.74) is 1.37. The number of alkyl halides is 3. The lowest BCUT2D eigenvalue weighted by molar-refractivity contribution is -0.136. The maximum Gasteiger partial charge on any atom is 0.418 e. The topological polar surface area (TPSA) is 62.8 Å². The number of anilines is 1. The highest BCUT2D eigenvalue weighted by Crippen LogP contribution is 2.38. The first kappa shape index (κ1) is 14.9. The molecule has 0 saturated heterocycles. The number of hydrogen-bond acceptors (Lipinski definition) is 4. The summed E-state index contributed by atoms with van der Waals surface area (Å²) in [6.45, 7) is 0.847. The Hall–Kier alpha value is -2.61. The second kappa shape index (κ2) is 5.48. The predicted octanol–water partition coefficient (Wildman–Crippen LogP) is 3.66. The van der Waals surface area contributed by atoms with Gasteiger partial charge in [0.25, 0.3) is 0 Å². The van der Waals surface area contributed by atoms with Gasteiger partial charge in [0, 0.05) is 6.20 Å². The molecular formula is C16H13F3N4O. The van der Waals surface area contributed by atoms with Gasteiger partial charge in [0.05, 0.1) is 30.2 Å². The van der Waals surface area contributed by atoms with Crippen molar-refractivity contribution in [3.63, 3.8) is 0 Å². The van der Waals surface area contributed by atoms with Gasteiger partial charge >= 0.3 is 6.18 Å². The molecule has 3 aromatic rings. The summed E-state index contributed by atoms with van der Waals surface area (Å²) in [5, 5.41) is 3.02. The minimum absolute atomic E-state index is 0.0620. The van der Waals surface area contributed by atoms with Crippen molar-refractivity contribution >= 4 is 16.9 Å². The minimum atomic E-state index is -4.49. The number of fused-ring (bicyclic) bond motifs is 2. The van der Waals surface area contributed by atoms with Gasteiger partial charge in [-0.25, -0.2) is 9.97 Å². The van der Waals surface area contributed by atoms with Crippen LogP contribution in [-0.2, 0) is 17.5 Å². The van der Waals surface area contributed by atoms with Crippen molar-refractivity contribution in [3.05, 3.63) is 53.5 Å². The molecule has 1 aromatic carbocycles. The molecule has 2 aromatic heterocycles. The Kier molecular flexibility index (Phi) is 3.42. The molecule has 1 aliphatic rings. The number of aromatic nitrogens is 3. The lowest BCUT2D eigenvalue weighted by atomic mass is 9.99. The number of nitrogens with one attached hydrogen (secondary N) is 2. The van der Waals surface area contributed by atoms with E-state index in [9.17, 15) is 13.2 Å². The fourth-order valence-corrected chi connectivity index (χ4v) is 2.96. The van der Waals surface area contributed by atoms with Gasteiger partial charge < -0.3 is 15.0 Å². The van der Waals surface area contributed by atoms with E-state index in [4.69, 9.17) is 4.74 Å². The van der Waals surface area contributed by atoms with Crippen molar-refractivity contribution in [2.75, 3.05) is 11.9 Å². The fourth-order valence-electron chi connectivity index (χ4n) is 2.96. The SMILES string of the molecule is FC(F)(F)c1c[nH]c2ncnc(NC3COCc4ccccc43)c12. The average Bonchev–Trinajstić information content (AvgIpc) is 3.01. The van der Waals surface area contributed by atoms with Crippen molar-refractivity contribution in [1.29, 1.82) is 0 Å². The number of nitrogens with zero attached hydrogens (tertiary/aromatic N) is 2. The van der Waals surface area contributed by atoms with E-state index in [0.717, 1.165) is 17.3 Å². The highest BCUT2D eigenvalue weighted by molar-refractivity contribution is 5.91. The largest absolute Gasteiger partial charge is 0.418 e. The third-order valence-corrected chi connectivity index (χ3v) is 4.06. The molecule has 0 fully saturated rings. The minimum Gasteiger partial charge on any atom is -0.374 e. The standard InChI is InChI=1S/C16H13F3N4O/c17-16(18,19)11-5-20-14-13(11)15(22-8-21-14)23-12-7-24-6-9-3-1-2-4-10(9)12/h1-5,8,12H,6-7H2,(H2,20,21,22,23). The molecule has 0 radical (unpaired) electrons. The number of halogens is 3. The van der Waals surface area contributed by atoms with Gasteiger partial charge in [-0.2, -0.15) is 13.2 Å². The van der Waals surface area contributed by atoms with Crippen molar-refractivity contribution < 1.29 is 17.9 Å². The van der Waals surface area contributed by atoms with E-state index in [1.165, 1.54) is 6.33 Å². The van der Waals surface area contributed by atoms with E-state index in [-0.39, 0.29) is 22.9 Å². The smallest absolute Gasteiger partial charge is 0.374 e. The Labute approximate surface area is 134 Å². The maximum absolute atomic E-state index is 13.2. The summed E-state index contributed by atoms with van der Waals surface area (Å²) in [6, 6.07) is 7.41. The number of rotatable bonds is 2. The van der Waals surface area contributed by atoms with Crippen LogP contribution < -0.4 is 5.32 Å². The Balaban J connectivity index is 1.77. The Morgan fingerprint density at radius 2 is 2.04 bits per heavy atom. The molecule has 0 amide bonds. The first-order valence-electron chi connectivity index (χ1n) is 7.35. The van der Waals surface area contributed by atoms with E-state index in [1.54, 1.807) is 0 Å². The number of benzene rings is 1. The number of ether oxygens (including phenoxy) is 1. The highest BCUT2D eigenvalue weighted by atomic mass is 19.4. The van der Waals surface area contributed by atoms with Crippen LogP contribution in [0.3, 0.4) is 0 Å². The average molecular weight is 334 g/mol. The molecule has 1 aliphatic heterocycles. The zero-order valence-corrected chi connectivity index (χ0v) is 12.4. The molecule has 8 heteroatoms. The summed E-state index contributed by atoms with van der Waals surface area (Å²) in [4.78, 5) is 10.4. The van der Waals surface area contributed by atoms with Crippen LogP contribution in [-0.4, -0.2) is 21.6 Å². The molecule has 1 atom stereocenters. The second-order valence-electron chi connectivity index (χ2n) is 5.56. The van der Waals surface area contributed by atoms with E-state index in [1.807, 2.05) is 24.3 Å². The van der Waals surface area contributed by atoms with Crippen LogP contribution in [0.4, 0.5) is 19.0 Å². The summed E-state index contributed by atoms with van der Waals surface area (Å²) in [6.07, 6.45) is -2.34. The molecule has 124 valence electrons. The lowest BCUT2D eigenvalue weighted by Gasteiger charge is -2.27. The molecule has 3 heterocycles. The summed E-state index contributed by atoms with van der Waals surface area (Å²) < 4.78 is 45.2. The zero-order valence-electron chi connectivity index (χ0n) is 12.4. The van der Waals surface area contributed by atoms with Crippen LogP contribution >= 0.6 is 0 Å². The fraction of sp³-hybridized carbons (Fsp3) is 0.250. The van der Waals surface area contributed by atoms with E-state index in [2.05, 4.69) is 20.3 Å². The summed E-state index contributed by atoms with van der Waals surface area (Å²) in [5.74, 6) is 0.138. The van der Waals surface area contributed by atoms with E-state index < -0.39 is 11.7 Å². The quantitative estimate of drug-likeness (QED) is 0.751. The second-order valence-corrected chi connectivity index (χ2v) is 5.56. The highest BCUT2D eigenvalue weighted by Gasteiger charge is 2.35.